The SMILES string of the molecule is CCCCCCc1ccc(-c2ccc(OCCCCCCOC)cc2)nc1. The molecule has 0 saturated heterocycles. The Morgan fingerprint density at radius 2 is 1.52 bits per heavy atom. The molecule has 3 nitrogen and oxygen atoms in total. The maximum Gasteiger partial charge on any atom is 0.119 e. The van der Waals surface area contributed by atoms with E-state index in [1.165, 1.54) is 44.1 Å². The Balaban J connectivity index is 1.72. The Morgan fingerprint density at radius 3 is 2.19 bits per heavy atom. The Hall–Kier alpha value is -1.87. The number of methoxy groups -OCH3 is 1. The van der Waals surface area contributed by atoms with Gasteiger partial charge in [-0.25, -0.2) is 0 Å². The minimum Gasteiger partial charge on any atom is -0.494 e. The average Bonchev–Trinajstić information content (AvgIpc) is 2.71. The number of ether oxygens (including phenoxy) is 2. The van der Waals surface area contributed by atoms with Crippen LogP contribution in [0.2, 0.25) is 0 Å². The number of hydrogen-bond donors (Lipinski definition) is 0. The summed E-state index contributed by atoms with van der Waals surface area (Å²) in [6.45, 7) is 3.88. The number of nitrogens with zero attached hydrogens (tertiary/aromatic N) is 1. The number of aryl methyl sites for hydroxylation is 1. The van der Waals surface area contributed by atoms with E-state index in [-0.39, 0.29) is 0 Å². The van der Waals surface area contributed by atoms with Gasteiger partial charge in [-0.05, 0) is 68.0 Å². The third kappa shape index (κ3) is 8.57. The van der Waals surface area contributed by atoms with Gasteiger partial charge in [0.2, 0.25) is 0 Å². The van der Waals surface area contributed by atoms with E-state index < -0.39 is 0 Å². The van der Waals surface area contributed by atoms with E-state index in [0.717, 1.165) is 49.5 Å². The predicted molar refractivity (Wildman–Crippen MR) is 113 cm³/mol. The number of unbranched alkanes of at least 4 members (excludes halogenated alkanes) is 6. The maximum atomic E-state index is 5.83. The number of benzene rings is 1. The molecule has 148 valence electrons. The summed E-state index contributed by atoms with van der Waals surface area (Å²) >= 11 is 0. The van der Waals surface area contributed by atoms with E-state index in [1.807, 2.05) is 18.3 Å². The molecule has 0 fully saturated rings. The van der Waals surface area contributed by atoms with Gasteiger partial charge in [-0.2, -0.15) is 0 Å². The van der Waals surface area contributed by atoms with Gasteiger partial charge in [-0.1, -0.05) is 38.7 Å². The maximum absolute atomic E-state index is 5.83. The van der Waals surface area contributed by atoms with Crippen LogP contribution in [0.1, 0.15) is 63.9 Å². The molecule has 0 aliphatic rings. The highest BCUT2D eigenvalue weighted by atomic mass is 16.5. The Labute approximate surface area is 165 Å². The molecule has 1 aromatic heterocycles. The number of pyridine rings is 1. The molecule has 0 bridgehead atoms. The molecule has 27 heavy (non-hydrogen) atoms. The van der Waals surface area contributed by atoms with Crippen molar-refractivity contribution in [1.29, 1.82) is 0 Å². The van der Waals surface area contributed by atoms with E-state index in [9.17, 15) is 0 Å². The zero-order valence-corrected chi connectivity index (χ0v) is 17.1. The molecule has 3 heteroatoms. The van der Waals surface area contributed by atoms with Gasteiger partial charge in [0.25, 0.3) is 0 Å². The lowest BCUT2D eigenvalue weighted by molar-refractivity contribution is 0.191. The fraction of sp³-hybridized carbons (Fsp3) is 0.542. The summed E-state index contributed by atoms with van der Waals surface area (Å²) in [5.74, 6) is 0.934. The van der Waals surface area contributed by atoms with Crippen LogP contribution in [0.3, 0.4) is 0 Å². The fourth-order valence-electron chi connectivity index (χ4n) is 3.11. The first kappa shape index (κ1) is 21.4. The van der Waals surface area contributed by atoms with Crippen LogP contribution in [0.15, 0.2) is 42.6 Å². The molecule has 1 aromatic carbocycles. The van der Waals surface area contributed by atoms with E-state index in [2.05, 4.69) is 36.2 Å². The van der Waals surface area contributed by atoms with Crippen LogP contribution in [0.5, 0.6) is 5.75 Å². The Morgan fingerprint density at radius 1 is 0.778 bits per heavy atom. The molecule has 1 heterocycles. The number of aromatic nitrogens is 1. The van der Waals surface area contributed by atoms with Gasteiger partial charge in [0.15, 0.2) is 0 Å². The smallest absolute Gasteiger partial charge is 0.119 e. The molecule has 2 aromatic rings. The third-order valence-corrected chi connectivity index (χ3v) is 4.81. The lowest BCUT2D eigenvalue weighted by Gasteiger charge is -2.08. The first-order chi connectivity index (χ1) is 13.3. The van der Waals surface area contributed by atoms with Crippen LogP contribution in [0.25, 0.3) is 11.3 Å². The Bertz CT molecular complexity index is 607. The van der Waals surface area contributed by atoms with Crippen molar-refractivity contribution >= 4 is 0 Å². The van der Waals surface area contributed by atoms with Crippen molar-refractivity contribution in [2.75, 3.05) is 20.3 Å². The van der Waals surface area contributed by atoms with Crippen LogP contribution < -0.4 is 4.74 Å². The summed E-state index contributed by atoms with van der Waals surface area (Å²) in [6, 6.07) is 12.6. The molecular formula is C24H35NO2. The van der Waals surface area contributed by atoms with Gasteiger partial charge in [0, 0.05) is 25.5 Å². The van der Waals surface area contributed by atoms with Gasteiger partial charge >= 0.3 is 0 Å². The molecule has 2 rings (SSSR count). The van der Waals surface area contributed by atoms with E-state index in [0.29, 0.717) is 0 Å². The molecule has 0 spiro atoms. The van der Waals surface area contributed by atoms with Crippen LogP contribution in [0.4, 0.5) is 0 Å². The zero-order valence-electron chi connectivity index (χ0n) is 17.1. The van der Waals surface area contributed by atoms with Crippen LogP contribution >= 0.6 is 0 Å². The largest absolute Gasteiger partial charge is 0.494 e. The molecule has 0 aliphatic carbocycles. The standard InChI is InChI=1S/C24H35NO2/c1-3-4-5-8-11-21-12-17-24(25-20-21)22-13-15-23(16-14-22)27-19-10-7-6-9-18-26-2/h12-17,20H,3-11,18-19H2,1-2H3. The summed E-state index contributed by atoms with van der Waals surface area (Å²) < 4.78 is 10.9. The number of hydrogen-bond acceptors (Lipinski definition) is 3. The molecule has 0 saturated carbocycles. The second kappa shape index (κ2) is 13.3. The molecular weight excluding hydrogens is 334 g/mol. The molecule has 0 amide bonds. The lowest BCUT2D eigenvalue weighted by atomic mass is 10.1. The second-order valence-electron chi connectivity index (χ2n) is 7.14. The average molecular weight is 370 g/mol. The fourth-order valence-corrected chi connectivity index (χ4v) is 3.11. The molecule has 0 atom stereocenters. The topological polar surface area (TPSA) is 31.4 Å². The van der Waals surface area contributed by atoms with Gasteiger partial charge in [-0.3, -0.25) is 4.98 Å². The summed E-state index contributed by atoms with van der Waals surface area (Å²) in [5.41, 5.74) is 3.50. The van der Waals surface area contributed by atoms with Crippen molar-refractivity contribution in [1.82, 2.24) is 4.98 Å². The molecule has 0 N–H and O–H groups in total. The highest BCUT2D eigenvalue weighted by Crippen LogP contribution is 2.21. The van der Waals surface area contributed by atoms with Gasteiger partial charge in [-0.15, -0.1) is 0 Å². The van der Waals surface area contributed by atoms with Gasteiger partial charge in [0.05, 0.1) is 12.3 Å². The van der Waals surface area contributed by atoms with Crippen LogP contribution in [-0.2, 0) is 11.2 Å². The number of rotatable bonds is 14. The van der Waals surface area contributed by atoms with Crippen LogP contribution in [0, 0.1) is 0 Å². The lowest BCUT2D eigenvalue weighted by Crippen LogP contribution is -1.98. The van der Waals surface area contributed by atoms with Crippen molar-refractivity contribution in [3.63, 3.8) is 0 Å². The van der Waals surface area contributed by atoms with E-state index in [1.54, 1.807) is 7.11 Å². The van der Waals surface area contributed by atoms with Gasteiger partial charge in [0.1, 0.15) is 5.75 Å². The van der Waals surface area contributed by atoms with E-state index in [4.69, 9.17) is 9.47 Å². The van der Waals surface area contributed by atoms with Crippen molar-refractivity contribution in [2.24, 2.45) is 0 Å². The summed E-state index contributed by atoms with van der Waals surface area (Å²) in [4.78, 5) is 4.64. The molecule has 0 unspecified atom stereocenters. The van der Waals surface area contributed by atoms with Crippen molar-refractivity contribution in [3.05, 3.63) is 48.2 Å². The van der Waals surface area contributed by atoms with Gasteiger partial charge < -0.3 is 9.47 Å². The summed E-state index contributed by atoms with van der Waals surface area (Å²) in [7, 11) is 1.76. The molecule has 0 radical (unpaired) electrons. The van der Waals surface area contributed by atoms with Crippen molar-refractivity contribution in [3.8, 4) is 17.0 Å². The van der Waals surface area contributed by atoms with Crippen LogP contribution in [-0.4, -0.2) is 25.3 Å². The minimum absolute atomic E-state index is 0.775. The quantitative estimate of drug-likeness (QED) is 0.358. The second-order valence-corrected chi connectivity index (χ2v) is 7.14. The molecule has 0 aliphatic heterocycles. The Kier molecular flexibility index (Phi) is 10.6. The van der Waals surface area contributed by atoms with Crippen molar-refractivity contribution < 1.29 is 9.47 Å². The first-order valence-corrected chi connectivity index (χ1v) is 10.5. The van der Waals surface area contributed by atoms with Crippen molar-refractivity contribution in [2.45, 2.75) is 64.7 Å². The highest BCUT2D eigenvalue weighted by molar-refractivity contribution is 5.60. The monoisotopic (exact) mass is 369 g/mol. The van der Waals surface area contributed by atoms with E-state index >= 15 is 0 Å². The highest BCUT2D eigenvalue weighted by Gasteiger charge is 2.02. The predicted octanol–water partition coefficient (Wildman–Crippen LogP) is 6.46. The third-order valence-electron chi connectivity index (χ3n) is 4.81. The summed E-state index contributed by atoms with van der Waals surface area (Å²) in [5, 5.41) is 0. The summed E-state index contributed by atoms with van der Waals surface area (Å²) in [6.07, 6.45) is 13.0. The minimum atomic E-state index is 0.775. The zero-order chi connectivity index (χ0) is 19.2. The first-order valence-electron chi connectivity index (χ1n) is 10.5. The normalized spacial score (nSPS) is 10.9.